The number of nitrogens with two attached hydrogens (primary N) is 1. The third kappa shape index (κ3) is 5.10. The van der Waals surface area contributed by atoms with Crippen molar-refractivity contribution in [3.63, 3.8) is 0 Å². The van der Waals surface area contributed by atoms with E-state index in [9.17, 15) is 9.59 Å². The first-order valence-electron chi connectivity index (χ1n) is 4.95. The second-order valence-electron chi connectivity index (χ2n) is 3.44. The number of benzene rings is 1. The van der Waals surface area contributed by atoms with Gasteiger partial charge in [0.1, 0.15) is 0 Å². The van der Waals surface area contributed by atoms with E-state index >= 15 is 0 Å². The molecule has 0 heterocycles. The van der Waals surface area contributed by atoms with Gasteiger partial charge in [0.05, 0.1) is 5.25 Å². The highest BCUT2D eigenvalue weighted by atomic mass is 35.5. The van der Waals surface area contributed by atoms with Crippen LogP contribution in [0.1, 0.15) is 12.5 Å². The zero-order valence-electron chi connectivity index (χ0n) is 9.27. The third-order valence-corrected chi connectivity index (χ3v) is 3.45. The highest BCUT2D eigenvalue weighted by molar-refractivity contribution is 7.99. The van der Waals surface area contributed by atoms with Crippen LogP contribution in [0.4, 0.5) is 4.79 Å². The lowest BCUT2D eigenvalue weighted by Crippen LogP contribution is -2.39. The molecule has 17 heavy (non-hydrogen) atoms. The summed E-state index contributed by atoms with van der Waals surface area (Å²) in [4.78, 5) is 21.9. The molecule has 1 aromatic carbocycles. The molecule has 6 heteroatoms. The summed E-state index contributed by atoms with van der Waals surface area (Å²) in [6, 6.07) is 6.58. The fraction of sp³-hybridized carbons (Fsp3) is 0.273. The van der Waals surface area contributed by atoms with Gasteiger partial charge < -0.3 is 5.73 Å². The number of urea groups is 1. The summed E-state index contributed by atoms with van der Waals surface area (Å²) >= 11 is 7.25. The Hall–Kier alpha value is -1.20. The van der Waals surface area contributed by atoms with Gasteiger partial charge in [-0.25, -0.2) is 4.79 Å². The standard InChI is InChI=1S/C11H13ClN2O2S/c1-7(10(15)14-11(13)16)17-6-8-3-2-4-9(12)5-8/h2-5,7H,6H2,1H3,(H3,13,14,15,16). The van der Waals surface area contributed by atoms with Gasteiger partial charge in [-0.15, -0.1) is 11.8 Å². The number of thioether (sulfide) groups is 1. The van der Waals surface area contributed by atoms with Crippen molar-refractivity contribution in [3.8, 4) is 0 Å². The Balaban J connectivity index is 2.45. The number of hydrogen-bond donors (Lipinski definition) is 2. The Labute approximate surface area is 109 Å². The predicted molar refractivity (Wildman–Crippen MR) is 69.9 cm³/mol. The van der Waals surface area contributed by atoms with Crippen molar-refractivity contribution in [1.82, 2.24) is 5.32 Å². The number of nitrogens with one attached hydrogen (secondary N) is 1. The van der Waals surface area contributed by atoms with Gasteiger partial charge >= 0.3 is 6.03 Å². The lowest BCUT2D eigenvalue weighted by atomic mass is 10.2. The highest BCUT2D eigenvalue weighted by Crippen LogP contribution is 2.20. The zero-order valence-corrected chi connectivity index (χ0v) is 10.8. The SMILES string of the molecule is CC(SCc1cccc(Cl)c1)C(=O)NC(N)=O. The summed E-state index contributed by atoms with van der Waals surface area (Å²) in [7, 11) is 0. The number of primary amides is 1. The number of carbonyl (C=O) groups is 2. The first kappa shape index (κ1) is 13.9. The molecule has 0 saturated carbocycles. The Morgan fingerprint density at radius 3 is 2.82 bits per heavy atom. The van der Waals surface area contributed by atoms with Crippen LogP contribution in [-0.4, -0.2) is 17.2 Å². The third-order valence-electron chi connectivity index (χ3n) is 2.00. The van der Waals surface area contributed by atoms with Gasteiger partial charge in [-0.2, -0.15) is 0 Å². The summed E-state index contributed by atoms with van der Waals surface area (Å²) in [6.45, 7) is 1.72. The number of amides is 3. The lowest BCUT2D eigenvalue weighted by Gasteiger charge is -2.09. The molecule has 0 aliphatic carbocycles. The first-order valence-corrected chi connectivity index (χ1v) is 6.38. The second-order valence-corrected chi connectivity index (χ2v) is 5.20. The minimum Gasteiger partial charge on any atom is -0.351 e. The van der Waals surface area contributed by atoms with Crippen LogP contribution in [0.5, 0.6) is 0 Å². The zero-order chi connectivity index (χ0) is 12.8. The molecule has 1 rings (SSSR count). The molecule has 1 unspecified atom stereocenters. The Bertz CT molecular complexity index is 426. The molecule has 92 valence electrons. The first-order chi connectivity index (χ1) is 7.99. The van der Waals surface area contributed by atoms with Crippen LogP contribution >= 0.6 is 23.4 Å². The Kier molecular flexibility index (Phi) is 5.31. The van der Waals surface area contributed by atoms with Crippen LogP contribution in [0, 0.1) is 0 Å². The molecule has 1 atom stereocenters. The van der Waals surface area contributed by atoms with Crippen LogP contribution in [0.15, 0.2) is 24.3 Å². The minimum atomic E-state index is -0.829. The predicted octanol–water partition coefficient (Wildman–Crippen LogP) is 2.16. The second kappa shape index (κ2) is 6.51. The summed E-state index contributed by atoms with van der Waals surface area (Å²) in [5.74, 6) is 0.262. The van der Waals surface area contributed by atoms with Crippen molar-refractivity contribution in [2.45, 2.75) is 17.9 Å². The van der Waals surface area contributed by atoms with E-state index in [-0.39, 0.29) is 11.2 Å². The molecule has 3 amide bonds. The molecule has 3 N–H and O–H groups in total. The van der Waals surface area contributed by atoms with Crippen molar-refractivity contribution < 1.29 is 9.59 Å². The molecular formula is C11H13ClN2O2S. The number of hydrogen-bond acceptors (Lipinski definition) is 3. The largest absolute Gasteiger partial charge is 0.351 e. The van der Waals surface area contributed by atoms with Crippen molar-refractivity contribution in [2.24, 2.45) is 5.73 Å². The Morgan fingerprint density at radius 1 is 1.53 bits per heavy atom. The summed E-state index contributed by atoms with van der Waals surface area (Å²) in [6.07, 6.45) is 0. The number of carbonyl (C=O) groups excluding carboxylic acids is 2. The quantitative estimate of drug-likeness (QED) is 0.882. The number of imide groups is 1. The van der Waals surface area contributed by atoms with Gasteiger partial charge in [-0.3, -0.25) is 10.1 Å². The molecule has 1 aromatic rings. The average Bonchev–Trinajstić information content (AvgIpc) is 2.25. The maximum atomic E-state index is 11.4. The fourth-order valence-electron chi connectivity index (χ4n) is 1.15. The molecule has 0 aromatic heterocycles. The van der Waals surface area contributed by atoms with E-state index in [0.717, 1.165) is 5.56 Å². The normalized spacial score (nSPS) is 11.9. The van der Waals surface area contributed by atoms with E-state index in [1.54, 1.807) is 13.0 Å². The molecule has 0 aliphatic heterocycles. The number of rotatable bonds is 4. The molecular weight excluding hydrogens is 260 g/mol. The summed E-state index contributed by atoms with van der Waals surface area (Å²) < 4.78 is 0. The van der Waals surface area contributed by atoms with Crippen LogP contribution < -0.4 is 11.1 Å². The topological polar surface area (TPSA) is 72.2 Å². The highest BCUT2D eigenvalue weighted by Gasteiger charge is 2.14. The van der Waals surface area contributed by atoms with Crippen molar-refractivity contribution in [1.29, 1.82) is 0 Å². The Morgan fingerprint density at radius 2 is 2.24 bits per heavy atom. The molecule has 4 nitrogen and oxygen atoms in total. The van der Waals surface area contributed by atoms with E-state index in [1.165, 1.54) is 11.8 Å². The van der Waals surface area contributed by atoms with Crippen molar-refractivity contribution in [2.75, 3.05) is 0 Å². The minimum absolute atomic E-state index is 0.346. The molecule has 0 saturated heterocycles. The maximum Gasteiger partial charge on any atom is 0.318 e. The summed E-state index contributed by atoms with van der Waals surface area (Å²) in [5, 5.41) is 2.36. The number of halogens is 1. The van der Waals surface area contributed by atoms with Gasteiger partial charge in [0.2, 0.25) is 5.91 Å². The smallest absolute Gasteiger partial charge is 0.318 e. The van der Waals surface area contributed by atoms with E-state index in [2.05, 4.69) is 0 Å². The summed E-state index contributed by atoms with van der Waals surface area (Å²) in [5.41, 5.74) is 5.89. The van der Waals surface area contributed by atoms with Crippen LogP contribution in [-0.2, 0) is 10.5 Å². The van der Waals surface area contributed by atoms with Gasteiger partial charge in [0.15, 0.2) is 0 Å². The molecule has 0 fully saturated rings. The molecule has 0 spiro atoms. The molecule has 0 aliphatic rings. The van der Waals surface area contributed by atoms with E-state index in [4.69, 9.17) is 17.3 Å². The van der Waals surface area contributed by atoms with E-state index < -0.39 is 6.03 Å². The van der Waals surface area contributed by atoms with E-state index in [0.29, 0.717) is 10.8 Å². The van der Waals surface area contributed by atoms with Gasteiger partial charge in [0, 0.05) is 10.8 Å². The molecule has 0 bridgehead atoms. The van der Waals surface area contributed by atoms with Gasteiger partial charge in [0.25, 0.3) is 0 Å². The lowest BCUT2D eigenvalue weighted by molar-refractivity contribution is -0.119. The van der Waals surface area contributed by atoms with Crippen LogP contribution in [0.3, 0.4) is 0 Å². The maximum absolute atomic E-state index is 11.4. The van der Waals surface area contributed by atoms with Crippen LogP contribution in [0.25, 0.3) is 0 Å². The average molecular weight is 273 g/mol. The van der Waals surface area contributed by atoms with Gasteiger partial charge in [-0.1, -0.05) is 23.7 Å². The monoisotopic (exact) mass is 272 g/mol. The van der Waals surface area contributed by atoms with E-state index in [1.807, 2.05) is 23.5 Å². The van der Waals surface area contributed by atoms with Gasteiger partial charge in [-0.05, 0) is 24.6 Å². The fourth-order valence-corrected chi connectivity index (χ4v) is 2.19. The van der Waals surface area contributed by atoms with Crippen molar-refractivity contribution in [3.05, 3.63) is 34.9 Å². The van der Waals surface area contributed by atoms with Crippen molar-refractivity contribution >= 4 is 35.3 Å². The molecule has 0 radical (unpaired) electrons. The van der Waals surface area contributed by atoms with Crippen LogP contribution in [0.2, 0.25) is 5.02 Å².